The van der Waals surface area contributed by atoms with Gasteiger partial charge in [0.25, 0.3) is 0 Å². The standard InChI is InChI=1S/C16H26N2/c1-3-13-8-4-5-10-15(13)16(18-17)14-9-6-7-12(2)11-14/h4-5,8,10,12,14,16,18H,3,6-7,9,11,17H2,1-2H3. The van der Waals surface area contributed by atoms with E-state index < -0.39 is 0 Å². The van der Waals surface area contributed by atoms with Crippen LogP contribution in [0.15, 0.2) is 24.3 Å². The van der Waals surface area contributed by atoms with Gasteiger partial charge >= 0.3 is 0 Å². The van der Waals surface area contributed by atoms with Crippen LogP contribution in [0.1, 0.15) is 56.7 Å². The van der Waals surface area contributed by atoms with Gasteiger partial charge in [-0.3, -0.25) is 11.3 Å². The first-order valence-corrected chi connectivity index (χ1v) is 7.30. The summed E-state index contributed by atoms with van der Waals surface area (Å²) in [5, 5.41) is 0. The highest BCUT2D eigenvalue weighted by Gasteiger charge is 2.28. The van der Waals surface area contributed by atoms with E-state index in [1.165, 1.54) is 36.8 Å². The molecule has 1 saturated carbocycles. The van der Waals surface area contributed by atoms with E-state index in [0.717, 1.165) is 12.3 Å². The summed E-state index contributed by atoms with van der Waals surface area (Å²) in [6, 6.07) is 9.04. The van der Waals surface area contributed by atoms with Crippen molar-refractivity contribution in [2.24, 2.45) is 17.7 Å². The van der Waals surface area contributed by atoms with Crippen molar-refractivity contribution >= 4 is 0 Å². The van der Waals surface area contributed by atoms with Gasteiger partial charge in [0.2, 0.25) is 0 Å². The molecule has 2 heteroatoms. The van der Waals surface area contributed by atoms with Crippen LogP contribution >= 0.6 is 0 Å². The van der Waals surface area contributed by atoms with Gasteiger partial charge in [-0.1, -0.05) is 51.0 Å². The van der Waals surface area contributed by atoms with Crippen molar-refractivity contribution in [3.63, 3.8) is 0 Å². The predicted molar refractivity (Wildman–Crippen MR) is 77.0 cm³/mol. The molecule has 0 aromatic heterocycles. The quantitative estimate of drug-likeness (QED) is 0.629. The minimum atomic E-state index is 0.323. The van der Waals surface area contributed by atoms with E-state index in [1.807, 2.05) is 0 Å². The van der Waals surface area contributed by atoms with Crippen LogP contribution in [-0.2, 0) is 6.42 Å². The number of benzene rings is 1. The summed E-state index contributed by atoms with van der Waals surface area (Å²) in [7, 11) is 0. The van der Waals surface area contributed by atoms with Crippen LogP contribution in [0, 0.1) is 11.8 Å². The molecular formula is C16H26N2. The van der Waals surface area contributed by atoms with Crippen LogP contribution < -0.4 is 11.3 Å². The number of aryl methyl sites for hydroxylation is 1. The molecule has 1 fully saturated rings. The maximum Gasteiger partial charge on any atom is 0.0490 e. The Kier molecular flexibility index (Phi) is 4.79. The lowest BCUT2D eigenvalue weighted by molar-refractivity contribution is 0.224. The first-order valence-electron chi connectivity index (χ1n) is 7.30. The Bertz CT molecular complexity index is 375. The molecule has 0 bridgehead atoms. The molecule has 0 saturated heterocycles. The lowest BCUT2D eigenvalue weighted by Crippen LogP contribution is -2.36. The summed E-state index contributed by atoms with van der Waals surface area (Å²) in [5.41, 5.74) is 5.92. The molecular weight excluding hydrogens is 220 g/mol. The maximum atomic E-state index is 5.85. The summed E-state index contributed by atoms with van der Waals surface area (Å²) >= 11 is 0. The van der Waals surface area contributed by atoms with Crippen LogP contribution in [0.2, 0.25) is 0 Å². The fraction of sp³-hybridized carbons (Fsp3) is 0.625. The molecule has 0 amide bonds. The number of hydrogen-bond donors (Lipinski definition) is 2. The molecule has 0 aliphatic heterocycles. The summed E-state index contributed by atoms with van der Waals surface area (Å²) in [4.78, 5) is 0. The number of nitrogens with two attached hydrogens (primary N) is 1. The molecule has 1 aromatic carbocycles. The second kappa shape index (κ2) is 6.35. The van der Waals surface area contributed by atoms with Crippen LogP contribution in [0.25, 0.3) is 0 Å². The molecule has 0 radical (unpaired) electrons. The normalized spacial score (nSPS) is 25.9. The van der Waals surface area contributed by atoms with Gasteiger partial charge in [0, 0.05) is 6.04 Å². The number of nitrogens with one attached hydrogen (secondary N) is 1. The zero-order valence-corrected chi connectivity index (χ0v) is 11.7. The van der Waals surface area contributed by atoms with Crippen molar-refractivity contribution in [1.29, 1.82) is 0 Å². The van der Waals surface area contributed by atoms with Gasteiger partial charge in [0.05, 0.1) is 0 Å². The smallest absolute Gasteiger partial charge is 0.0490 e. The molecule has 1 aromatic rings. The Morgan fingerprint density at radius 3 is 2.78 bits per heavy atom. The van der Waals surface area contributed by atoms with Gasteiger partial charge < -0.3 is 0 Å². The second-order valence-corrected chi connectivity index (χ2v) is 5.73. The zero-order valence-electron chi connectivity index (χ0n) is 11.7. The van der Waals surface area contributed by atoms with Crippen molar-refractivity contribution in [3.05, 3.63) is 35.4 Å². The molecule has 2 nitrogen and oxygen atoms in total. The first-order chi connectivity index (χ1) is 8.76. The summed E-state index contributed by atoms with van der Waals surface area (Å²) < 4.78 is 0. The largest absolute Gasteiger partial charge is 0.271 e. The third-order valence-corrected chi connectivity index (χ3v) is 4.40. The molecule has 2 rings (SSSR count). The topological polar surface area (TPSA) is 38.0 Å². The Labute approximate surface area is 111 Å². The van der Waals surface area contributed by atoms with E-state index in [-0.39, 0.29) is 0 Å². The van der Waals surface area contributed by atoms with Crippen molar-refractivity contribution in [1.82, 2.24) is 5.43 Å². The van der Waals surface area contributed by atoms with Gasteiger partial charge in [-0.2, -0.15) is 0 Å². The molecule has 3 unspecified atom stereocenters. The van der Waals surface area contributed by atoms with Gasteiger partial charge in [0.1, 0.15) is 0 Å². The fourth-order valence-electron chi connectivity index (χ4n) is 3.42. The van der Waals surface area contributed by atoms with Crippen molar-refractivity contribution in [3.8, 4) is 0 Å². The number of rotatable bonds is 4. The second-order valence-electron chi connectivity index (χ2n) is 5.73. The lowest BCUT2D eigenvalue weighted by atomic mass is 9.76. The van der Waals surface area contributed by atoms with Crippen LogP contribution in [0.3, 0.4) is 0 Å². The predicted octanol–water partition coefficient (Wildman–Crippen LogP) is 3.58. The minimum absolute atomic E-state index is 0.323. The highest BCUT2D eigenvalue weighted by molar-refractivity contribution is 5.30. The van der Waals surface area contributed by atoms with Gasteiger partial charge in [0.15, 0.2) is 0 Å². The van der Waals surface area contributed by atoms with Crippen LogP contribution in [0.5, 0.6) is 0 Å². The van der Waals surface area contributed by atoms with E-state index >= 15 is 0 Å². The molecule has 3 atom stereocenters. The van der Waals surface area contributed by atoms with Gasteiger partial charge in [-0.15, -0.1) is 0 Å². The molecule has 0 spiro atoms. The molecule has 18 heavy (non-hydrogen) atoms. The molecule has 0 heterocycles. The zero-order chi connectivity index (χ0) is 13.0. The average Bonchev–Trinajstić information content (AvgIpc) is 2.40. The Balaban J connectivity index is 2.21. The average molecular weight is 246 g/mol. The summed E-state index contributed by atoms with van der Waals surface area (Å²) in [6.45, 7) is 4.58. The van der Waals surface area contributed by atoms with Crippen LogP contribution in [-0.4, -0.2) is 0 Å². The van der Waals surface area contributed by atoms with E-state index in [1.54, 1.807) is 0 Å². The highest BCUT2D eigenvalue weighted by atomic mass is 15.2. The molecule has 1 aliphatic rings. The summed E-state index contributed by atoms with van der Waals surface area (Å²) in [6.07, 6.45) is 6.41. The van der Waals surface area contributed by atoms with E-state index in [9.17, 15) is 0 Å². The molecule has 1 aliphatic carbocycles. The van der Waals surface area contributed by atoms with E-state index in [0.29, 0.717) is 12.0 Å². The monoisotopic (exact) mass is 246 g/mol. The Morgan fingerprint density at radius 1 is 1.33 bits per heavy atom. The van der Waals surface area contributed by atoms with Gasteiger partial charge in [-0.05, 0) is 42.2 Å². The van der Waals surface area contributed by atoms with Gasteiger partial charge in [-0.25, -0.2) is 0 Å². The molecule has 3 N–H and O–H groups in total. The maximum absolute atomic E-state index is 5.85. The van der Waals surface area contributed by atoms with Crippen molar-refractivity contribution < 1.29 is 0 Å². The fourth-order valence-corrected chi connectivity index (χ4v) is 3.42. The number of hydrogen-bond acceptors (Lipinski definition) is 2. The lowest BCUT2D eigenvalue weighted by Gasteiger charge is -2.34. The van der Waals surface area contributed by atoms with E-state index in [2.05, 4.69) is 43.5 Å². The Morgan fingerprint density at radius 2 is 2.11 bits per heavy atom. The van der Waals surface area contributed by atoms with Crippen molar-refractivity contribution in [2.75, 3.05) is 0 Å². The minimum Gasteiger partial charge on any atom is -0.271 e. The third-order valence-electron chi connectivity index (χ3n) is 4.40. The summed E-state index contributed by atoms with van der Waals surface area (Å²) in [5.74, 6) is 7.38. The van der Waals surface area contributed by atoms with Crippen molar-refractivity contribution in [2.45, 2.75) is 52.0 Å². The van der Waals surface area contributed by atoms with E-state index in [4.69, 9.17) is 5.84 Å². The Hall–Kier alpha value is -0.860. The SMILES string of the molecule is CCc1ccccc1C(NN)C1CCCC(C)C1. The first kappa shape index (κ1) is 13.6. The number of hydrazine groups is 1. The van der Waals surface area contributed by atoms with Crippen LogP contribution in [0.4, 0.5) is 0 Å². The highest BCUT2D eigenvalue weighted by Crippen LogP contribution is 2.37. The molecule has 100 valence electrons. The third kappa shape index (κ3) is 2.93.